The zero-order valence-electron chi connectivity index (χ0n) is 20.4. The number of non-ortho nitro benzene ring substituents is 1. The van der Waals surface area contributed by atoms with Crippen molar-refractivity contribution in [1.29, 1.82) is 0 Å². The molecular weight excluding hydrogens is 540 g/mol. The molecule has 1 amide bonds. The second-order valence-corrected chi connectivity index (χ2v) is 10.5. The summed E-state index contributed by atoms with van der Waals surface area (Å²) in [4.78, 5) is 38.5. The van der Waals surface area contributed by atoms with Gasteiger partial charge in [-0.15, -0.1) is 10.2 Å². The standard InChI is InChI=1S/C27H20N4O6S2/c1-37-20-13-9-18(10-14-20)23(32)21-22(17-7-11-19(12-8-17)31(35)36)30(25(34)24(21)33)26-28-29-27(39-26)38-15-16-5-3-2-4-6-16/h2-14,22,32H,15H2,1H3/b23-21-. The van der Waals surface area contributed by atoms with E-state index in [4.69, 9.17) is 4.74 Å². The number of hydrogen-bond acceptors (Lipinski definition) is 10. The first kappa shape index (κ1) is 26.1. The van der Waals surface area contributed by atoms with Crippen molar-refractivity contribution in [3.8, 4) is 5.75 Å². The van der Waals surface area contributed by atoms with Gasteiger partial charge in [0.25, 0.3) is 11.5 Å². The van der Waals surface area contributed by atoms with Gasteiger partial charge in [-0.2, -0.15) is 0 Å². The van der Waals surface area contributed by atoms with E-state index in [0.29, 0.717) is 27.0 Å². The first-order valence-corrected chi connectivity index (χ1v) is 13.4. The SMILES string of the molecule is COc1ccc(/C(O)=C2/C(=O)C(=O)N(c3nnc(SCc4ccccc4)s3)C2c2ccc([N+](=O)[O-])cc2)cc1. The first-order valence-electron chi connectivity index (χ1n) is 11.6. The van der Waals surface area contributed by atoms with Gasteiger partial charge in [0.2, 0.25) is 5.13 Å². The minimum Gasteiger partial charge on any atom is -0.507 e. The lowest BCUT2D eigenvalue weighted by Gasteiger charge is -2.22. The highest BCUT2D eigenvalue weighted by Gasteiger charge is 2.48. The fourth-order valence-corrected chi connectivity index (χ4v) is 5.93. The van der Waals surface area contributed by atoms with E-state index in [-0.39, 0.29) is 22.2 Å². The summed E-state index contributed by atoms with van der Waals surface area (Å²) in [6.45, 7) is 0. The summed E-state index contributed by atoms with van der Waals surface area (Å²) in [5.41, 5.74) is 1.47. The molecule has 3 aromatic carbocycles. The summed E-state index contributed by atoms with van der Waals surface area (Å²) >= 11 is 2.58. The third kappa shape index (κ3) is 5.24. The summed E-state index contributed by atoms with van der Waals surface area (Å²) < 4.78 is 5.75. The maximum Gasteiger partial charge on any atom is 0.301 e. The molecule has 10 nitrogen and oxygen atoms in total. The Morgan fingerprint density at radius 2 is 1.74 bits per heavy atom. The predicted molar refractivity (Wildman–Crippen MR) is 147 cm³/mol. The molecule has 5 rings (SSSR count). The Balaban J connectivity index is 1.56. The van der Waals surface area contributed by atoms with Crippen molar-refractivity contribution in [2.75, 3.05) is 12.0 Å². The number of carbonyl (C=O) groups is 2. The third-order valence-electron chi connectivity index (χ3n) is 6.03. The van der Waals surface area contributed by atoms with Crippen molar-refractivity contribution in [3.63, 3.8) is 0 Å². The van der Waals surface area contributed by atoms with Gasteiger partial charge in [-0.05, 0) is 47.5 Å². The van der Waals surface area contributed by atoms with Gasteiger partial charge < -0.3 is 9.84 Å². The molecule has 1 atom stereocenters. The van der Waals surface area contributed by atoms with Crippen LogP contribution in [0.5, 0.6) is 5.75 Å². The second kappa shape index (κ2) is 11.1. The Labute approximate surface area is 230 Å². The van der Waals surface area contributed by atoms with Crippen LogP contribution in [0.1, 0.15) is 22.7 Å². The molecule has 1 saturated heterocycles. The fourth-order valence-electron chi connectivity index (χ4n) is 4.11. The summed E-state index contributed by atoms with van der Waals surface area (Å²) in [5, 5.41) is 31.0. The van der Waals surface area contributed by atoms with Crippen LogP contribution >= 0.6 is 23.1 Å². The Hall–Kier alpha value is -4.55. The number of ketones is 1. The number of nitro benzene ring substituents is 1. The van der Waals surface area contributed by atoms with Gasteiger partial charge in [-0.1, -0.05) is 53.4 Å². The van der Waals surface area contributed by atoms with Gasteiger partial charge in [-0.3, -0.25) is 24.6 Å². The number of methoxy groups -OCH3 is 1. The summed E-state index contributed by atoms with van der Waals surface area (Å²) in [6.07, 6.45) is 0. The molecule has 39 heavy (non-hydrogen) atoms. The summed E-state index contributed by atoms with van der Waals surface area (Å²) in [7, 11) is 1.50. The number of anilines is 1. The lowest BCUT2D eigenvalue weighted by Crippen LogP contribution is -2.29. The molecule has 12 heteroatoms. The molecule has 1 N–H and O–H groups in total. The van der Waals surface area contributed by atoms with Gasteiger partial charge >= 0.3 is 5.91 Å². The molecule has 0 saturated carbocycles. The molecule has 196 valence electrons. The van der Waals surface area contributed by atoms with Crippen LogP contribution in [-0.2, 0) is 15.3 Å². The number of ether oxygens (including phenoxy) is 1. The van der Waals surface area contributed by atoms with E-state index in [2.05, 4.69) is 10.2 Å². The van der Waals surface area contributed by atoms with Crippen molar-refractivity contribution in [3.05, 3.63) is 111 Å². The predicted octanol–water partition coefficient (Wildman–Crippen LogP) is 5.37. The number of benzene rings is 3. The number of Topliss-reactive ketones (excluding diaryl/α,β-unsaturated/α-hetero) is 1. The normalized spacial score (nSPS) is 16.4. The van der Waals surface area contributed by atoms with E-state index in [1.807, 2.05) is 30.3 Å². The Kier molecular flexibility index (Phi) is 7.39. The van der Waals surface area contributed by atoms with Gasteiger partial charge in [-0.25, -0.2) is 0 Å². The number of nitro groups is 1. The number of amides is 1. The number of aliphatic hydroxyl groups is 1. The number of aromatic nitrogens is 2. The number of nitrogens with zero attached hydrogens (tertiary/aromatic N) is 4. The van der Waals surface area contributed by atoms with Gasteiger partial charge in [0, 0.05) is 23.4 Å². The molecule has 0 radical (unpaired) electrons. The number of carbonyl (C=O) groups excluding carboxylic acids is 2. The van der Waals surface area contributed by atoms with Crippen LogP contribution in [0.4, 0.5) is 10.8 Å². The molecule has 1 aromatic heterocycles. The molecule has 1 aliphatic rings. The van der Waals surface area contributed by atoms with Gasteiger partial charge in [0.15, 0.2) is 4.34 Å². The highest BCUT2D eigenvalue weighted by atomic mass is 32.2. The lowest BCUT2D eigenvalue weighted by molar-refractivity contribution is -0.384. The Morgan fingerprint density at radius 1 is 1.05 bits per heavy atom. The molecule has 1 fully saturated rings. The summed E-state index contributed by atoms with van der Waals surface area (Å²) in [6, 6.07) is 20.5. The van der Waals surface area contributed by atoms with Crippen molar-refractivity contribution >= 4 is 51.4 Å². The number of rotatable bonds is 8. The molecule has 0 bridgehead atoms. The second-order valence-electron chi connectivity index (χ2n) is 8.37. The van der Waals surface area contributed by atoms with Crippen LogP contribution < -0.4 is 9.64 Å². The quantitative estimate of drug-likeness (QED) is 0.0573. The average Bonchev–Trinajstić information content (AvgIpc) is 3.54. The van der Waals surface area contributed by atoms with Crippen molar-refractivity contribution < 1.29 is 24.4 Å². The topological polar surface area (TPSA) is 136 Å². The summed E-state index contributed by atoms with van der Waals surface area (Å²) in [5.74, 6) is -0.986. The van der Waals surface area contributed by atoms with Crippen molar-refractivity contribution in [2.45, 2.75) is 16.1 Å². The van der Waals surface area contributed by atoms with E-state index in [1.165, 1.54) is 48.0 Å². The van der Waals surface area contributed by atoms with Crippen LogP contribution in [0.15, 0.2) is 88.8 Å². The van der Waals surface area contributed by atoms with Crippen LogP contribution in [0.25, 0.3) is 5.76 Å². The van der Waals surface area contributed by atoms with E-state index in [1.54, 1.807) is 24.3 Å². The molecular formula is C27H20N4O6S2. The zero-order chi connectivity index (χ0) is 27.5. The maximum atomic E-state index is 13.3. The molecule has 1 aliphatic heterocycles. The van der Waals surface area contributed by atoms with Crippen molar-refractivity contribution in [1.82, 2.24) is 10.2 Å². The van der Waals surface area contributed by atoms with Crippen LogP contribution in [0.3, 0.4) is 0 Å². The molecule has 0 aliphatic carbocycles. The van der Waals surface area contributed by atoms with E-state index in [0.717, 1.165) is 16.9 Å². The average molecular weight is 561 g/mol. The largest absolute Gasteiger partial charge is 0.507 e. The number of hydrogen-bond donors (Lipinski definition) is 1. The van der Waals surface area contributed by atoms with Crippen LogP contribution in [0, 0.1) is 10.1 Å². The third-order valence-corrected chi connectivity index (χ3v) is 8.16. The Bertz CT molecular complexity index is 1570. The minimum absolute atomic E-state index is 0.152. The lowest BCUT2D eigenvalue weighted by atomic mass is 9.95. The number of thioether (sulfide) groups is 1. The highest BCUT2D eigenvalue weighted by Crippen LogP contribution is 2.44. The van der Waals surface area contributed by atoms with Crippen LogP contribution in [0.2, 0.25) is 0 Å². The zero-order valence-corrected chi connectivity index (χ0v) is 22.0. The smallest absolute Gasteiger partial charge is 0.301 e. The fraction of sp³-hybridized carbons (Fsp3) is 0.111. The van der Waals surface area contributed by atoms with Crippen molar-refractivity contribution in [2.24, 2.45) is 0 Å². The number of aliphatic hydroxyl groups excluding tert-OH is 1. The molecule has 4 aromatic rings. The Morgan fingerprint density at radius 3 is 2.38 bits per heavy atom. The van der Waals surface area contributed by atoms with Gasteiger partial charge in [0.05, 0.1) is 23.6 Å². The van der Waals surface area contributed by atoms with E-state index >= 15 is 0 Å². The monoisotopic (exact) mass is 560 g/mol. The van der Waals surface area contributed by atoms with Gasteiger partial charge in [0.1, 0.15) is 11.5 Å². The maximum absolute atomic E-state index is 13.3. The molecule has 1 unspecified atom stereocenters. The van der Waals surface area contributed by atoms with E-state index < -0.39 is 22.7 Å². The molecule has 0 spiro atoms. The minimum atomic E-state index is -1.08. The van der Waals surface area contributed by atoms with E-state index in [9.17, 15) is 24.8 Å². The first-order chi connectivity index (χ1) is 18.9. The van der Waals surface area contributed by atoms with Crippen LogP contribution in [-0.4, -0.2) is 39.0 Å². The highest BCUT2D eigenvalue weighted by molar-refractivity contribution is 8.00. The molecule has 2 heterocycles.